The average molecular weight is 475 g/mol. The second-order valence-corrected chi connectivity index (χ2v) is 8.45. The number of benzene rings is 1. The maximum atomic E-state index is 13.4. The summed E-state index contributed by atoms with van der Waals surface area (Å²) in [6, 6.07) is 3.74. The summed E-state index contributed by atoms with van der Waals surface area (Å²) in [4.78, 5) is 27.9. The molecule has 0 unspecified atom stereocenters. The maximum Gasteiger partial charge on any atom is 0.416 e. The van der Waals surface area contributed by atoms with Crippen LogP contribution in [0.3, 0.4) is 0 Å². The molecule has 0 spiro atoms. The van der Waals surface area contributed by atoms with Crippen molar-refractivity contribution in [3.8, 4) is 0 Å². The molecular formula is C22H24F3N7O2. The Morgan fingerprint density at radius 2 is 1.85 bits per heavy atom. The Morgan fingerprint density at radius 1 is 1.15 bits per heavy atom. The third-order valence-corrected chi connectivity index (χ3v) is 5.72. The zero-order chi connectivity index (χ0) is 24.6. The first-order valence-electron chi connectivity index (χ1n) is 10.8. The number of nitro groups is 1. The summed E-state index contributed by atoms with van der Waals surface area (Å²) in [6.07, 6.45) is -0.905. The molecule has 2 aromatic heterocycles. The summed E-state index contributed by atoms with van der Waals surface area (Å²) in [6.45, 7) is 3.41. The van der Waals surface area contributed by atoms with Crippen LogP contribution in [-0.4, -0.2) is 47.1 Å². The molecule has 0 saturated carbocycles. The van der Waals surface area contributed by atoms with E-state index in [1.807, 2.05) is 6.07 Å². The van der Waals surface area contributed by atoms with Crippen LogP contribution in [0.25, 0.3) is 10.9 Å². The molecule has 1 aliphatic heterocycles. The number of hydrogen-bond donors (Lipinski definition) is 1. The highest BCUT2D eigenvalue weighted by Crippen LogP contribution is 2.35. The van der Waals surface area contributed by atoms with Gasteiger partial charge in [0.05, 0.1) is 28.2 Å². The summed E-state index contributed by atoms with van der Waals surface area (Å²) in [5, 5.41) is 15.1. The maximum absolute atomic E-state index is 13.4. The van der Waals surface area contributed by atoms with Crippen molar-refractivity contribution >= 4 is 34.2 Å². The number of nitrogens with one attached hydrogen (secondary N) is 1. The molecule has 3 heterocycles. The average Bonchev–Trinajstić information content (AvgIpc) is 3.32. The van der Waals surface area contributed by atoms with Crippen molar-refractivity contribution in [2.75, 3.05) is 42.3 Å². The van der Waals surface area contributed by atoms with Crippen molar-refractivity contribution in [2.45, 2.75) is 32.0 Å². The van der Waals surface area contributed by atoms with Gasteiger partial charge in [-0.25, -0.2) is 9.97 Å². The number of aromatic nitrogens is 3. The molecule has 180 valence electrons. The number of fused-ring (bicyclic) bond motifs is 1. The zero-order valence-corrected chi connectivity index (χ0v) is 18.9. The van der Waals surface area contributed by atoms with Crippen LogP contribution in [0.1, 0.15) is 36.9 Å². The van der Waals surface area contributed by atoms with Gasteiger partial charge in [-0.15, -0.1) is 0 Å². The number of halogens is 3. The fourth-order valence-corrected chi connectivity index (χ4v) is 3.88. The molecule has 4 rings (SSSR count). The quantitative estimate of drug-likeness (QED) is 0.401. The summed E-state index contributed by atoms with van der Waals surface area (Å²) in [5.74, 6) is 1.58. The van der Waals surface area contributed by atoms with E-state index in [2.05, 4.69) is 25.2 Å². The molecule has 1 fully saturated rings. The van der Waals surface area contributed by atoms with E-state index in [9.17, 15) is 23.3 Å². The first-order chi connectivity index (χ1) is 16.0. The lowest BCUT2D eigenvalue weighted by Crippen LogP contribution is -2.19. The smallest absolute Gasteiger partial charge is 0.363 e. The minimum atomic E-state index is -4.71. The van der Waals surface area contributed by atoms with Crippen LogP contribution in [-0.2, 0) is 6.18 Å². The highest BCUT2D eigenvalue weighted by molar-refractivity contribution is 5.91. The molecule has 3 aromatic rings. The number of hydrogen-bond acceptors (Lipinski definition) is 8. The Balaban J connectivity index is 1.77. The lowest BCUT2D eigenvalue weighted by atomic mass is 10.0. The molecule has 1 aliphatic rings. The van der Waals surface area contributed by atoms with Gasteiger partial charge < -0.3 is 15.1 Å². The van der Waals surface area contributed by atoms with Crippen LogP contribution in [0.2, 0.25) is 0 Å². The second-order valence-electron chi connectivity index (χ2n) is 8.45. The predicted molar refractivity (Wildman–Crippen MR) is 123 cm³/mol. The molecule has 1 aromatic carbocycles. The normalized spacial score (nSPS) is 14.9. The molecule has 1 atom stereocenters. The van der Waals surface area contributed by atoms with Crippen molar-refractivity contribution in [3.63, 3.8) is 0 Å². The SMILES string of the molecule is C[C@@H](Nc1nc(N(C)C)nc2cnc(N3CCCC3)cc12)c1cc([N+](=O)[O-])cc(C(F)(F)F)c1. The fraction of sp³-hybridized carbons (Fsp3) is 0.409. The van der Waals surface area contributed by atoms with Crippen molar-refractivity contribution in [3.05, 3.63) is 51.7 Å². The molecule has 34 heavy (non-hydrogen) atoms. The van der Waals surface area contributed by atoms with E-state index in [1.54, 1.807) is 32.1 Å². The molecule has 1 N–H and O–H groups in total. The molecule has 0 aliphatic carbocycles. The van der Waals surface area contributed by atoms with Crippen LogP contribution in [0, 0.1) is 10.1 Å². The topological polar surface area (TPSA) is 100 Å². The Bertz CT molecular complexity index is 1230. The molecular weight excluding hydrogens is 451 g/mol. The summed E-state index contributed by atoms with van der Waals surface area (Å²) < 4.78 is 40.1. The van der Waals surface area contributed by atoms with Gasteiger partial charge in [-0.05, 0) is 37.5 Å². The van der Waals surface area contributed by atoms with Gasteiger partial charge in [0, 0.05) is 44.7 Å². The first kappa shape index (κ1) is 23.5. The van der Waals surface area contributed by atoms with E-state index in [0.29, 0.717) is 28.7 Å². The van der Waals surface area contributed by atoms with Crippen LogP contribution in [0.5, 0.6) is 0 Å². The molecule has 12 heteroatoms. The van der Waals surface area contributed by atoms with Gasteiger partial charge in [0.1, 0.15) is 11.6 Å². The van der Waals surface area contributed by atoms with Crippen molar-refractivity contribution < 1.29 is 18.1 Å². The van der Waals surface area contributed by atoms with E-state index in [4.69, 9.17) is 0 Å². The third kappa shape index (κ3) is 4.80. The van der Waals surface area contributed by atoms with E-state index in [1.165, 1.54) is 0 Å². The van der Waals surface area contributed by atoms with Gasteiger partial charge >= 0.3 is 6.18 Å². The number of pyridine rings is 1. The van der Waals surface area contributed by atoms with E-state index in [0.717, 1.165) is 43.9 Å². The van der Waals surface area contributed by atoms with Crippen LogP contribution in [0.4, 0.5) is 36.4 Å². The fourth-order valence-electron chi connectivity index (χ4n) is 3.88. The lowest BCUT2D eigenvalue weighted by Gasteiger charge is -2.21. The highest BCUT2D eigenvalue weighted by Gasteiger charge is 2.33. The minimum absolute atomic E-state index is 0.119. The van der Waals surface area contributed by atoms with Crippen LogP contribution in [0.15, 0.2) is 30.5 Å². The van der Waals surface area contributed by atoms with Gasteiger partial charge in [-0.2, -0.15) is 18.2 Å². The van der Waals surface area contributed by atoms with Crippen LogP contribution >= 0.6 is 0 Å². The van der Waals surface area contributed by atoms with Crippen LogP contribution < -0.4 is 15.1 Å². The molecule has 9 nitrogen and oxygen atoms in total. The highest BCUT2D eigenvalue weighted by atomic mass is 19.4. The van der Waals surface area contributed by atoms with Crippen molar-refractivity contribution in [1.29, 1.82) is 0 Å². The Hall–Kier alpha value is -3.70. The third-order valence-electron chi connectivity index (χ3n) is 5.72. The molecule has 0 amide bonds. The number of nitrogens with zero attached hydrogens (tertiary/aromatic N) is 6. The van der Waals surface area contributed by atoms with E-state index >= 15 is 0 Å². The Labute approximate surface area is 193 Å². The Morgan fingerprint density at radius 3 is 2.47 bits per heavy atom. The predicted octanol–water partition coefficient (Wildman–Crippen LogP) is 4.79. The molecule has 0 bridgehead atoms. The van der Waals surface area contributed by atoms with Gasteiger partial charge in [-0.3, -0.25) is 10.1 Å². The largest absolute Gasteiger partial charge is 0.416 e. The lowest BCUT2D eigenvalue weighted by molar-refractivity contribution is -0.385. The van der Waals surface area contributed by atoms with Gasteiger partial charge in [0.25, 0.3) is 5.69 Å². The monoisotopic (exact) mass is 475 g/mol. The number of alkyl halides is 3. The number of anilines is 3. The molecule has 0 radical (unpaired) electrons. The van der Waals surface area contributed by atoms with Gasteiger partial charge in [-0.1, -0.05) is 0 Å². The summed E-state index contributed by atoms with van der Waals surface area (Å²) in [5.41, 5.74) is -1.01. The number of rotatable bonds is 6. The standard InChI is InChI=1S/C22H24F3N7O2/c1-13(14-8-15(22(23,24)25)10-16(9-14)32(33)34)27-20-17-11-19(31-6-4-5-7-31)26-12-18(17)28-21(29-20)30(2)3/h8-13H,4-7H2,1-3H3,(H,27,28,29)/t13-/m1/s1. The number of nitro benzene ring substituents is 1. The summed E-state index contributed by atoms with van der Waals surface area (Å²) >= 11 is 0. The van der Waals surface area contributed by atoms with Crippen molar-refractivity contribution in [2.24, 2.45) is 0 Å². The molecule has 1 saturated heterocycles. The van der Waals surface area contributed by atoms with E-state index in [-0.39, 0.29) is 5.56 Å². The summed E-state index contributed by atoms with van der Waals surface area (Å²) in [7, 11) is 3.55. The Kier molecular flexibility index (Phi) is 6.15. The number of non-ortho nitro benzene ring substituents is 1. The first-order valence-corrected chi connectivity index (χ1v) is 10.8. The van der Waals surface area contributed by atoms with Gasteiger partial charge in [0.15, 0.2) is 0 Å². The van der Waals surface area contributed by atoms with Crippen molar-refractivity contribution in [1.82, 2.24) is 15.0 Å². The zero-order valence-electron chi connectivity index (χ0n) is 18.9. The van der Waals surface area contributed by atoms with Gasteiger partial charge in [0.2, 0.25) is 5.95 Å². The minimum Gasteiger partial charge on any atom is -0.363 e. The second kappa shape index (κ2) is 8.92. The van der Waals surface area contributed by atoms with E-state index < -0.39 is 28.4 Å².